The van der Waals surface area contributed by atoms with Gasteiger partial charge in [-0.05, 0) is 59.8 Å². The predicted molar refractivity (Wildman–Crippen MR) is 429 cm³/mol. The molecule has 5 atom stereocenters. The van der Waals surface area contributed by atoms with Gasteiger partial charge in [0.05, 0.1) is 225 Å². The summed E-state index contributed by atoms with van der Waals surface area (Å²) in [6, 6.07) is 0. The first-order chi connectivity index (χ1) is 52.1. The largest absolute Gasteiger partial charge is 0.396 e. The van der Waals surface area contributed by atoms with Gasteiger partial charge in [0.2, 0.25) is 0 Å². The van der Waals surface area contributed by atoms with E-state index in [2.05, 4.69) is 20.5 Å². The molecule has 112 heavy (non-hydrogen) atoms. The first-order valence-corrected chi connectivity index (χ1v) is 53.4. The second-order valence-corrected chi connectivity index (χ2v) is 39.5. The lowest BCUT2D eigenvalue weighted by Crippen LogP contribution is -2.08. The fourth-order valence-electron chi connectivity index (χ4n) is 5.58. The second-order valence-electron chi connectivity index (χ2n) is 20.9. The second kappa shape index (κ2) is 94.0. The molecule has 0 aliphatic carbocycles. The molecule has 0 spiro atoms. The van der Waals surface area contributed by atoms with Gasteiger partial charge in [0, 0.05) is 102 Å². The van der Waals surface area contributed by atoms with Gasteiger partial charge in [-0.3, -0.25) is 41.1 Å². The molecule has 5 unspecified atom stereocenters. The number of rotatable bonds is 53. The van der Waals surface area contributed by atoms with Crippen molar-refractivity contribution in [3.05, 3.63) is 0 Å². The number of aliphatic hydroxyl groups is 8. The third-order valence-corrected chi connectivity index (χ3v) is 22.2. The van der Waals surface area contributed by atoms with E-state index in [1.807, 2.05) is 6.92 Å². The molecule has 0 amide bonds. The molecule has 42 nitrogen and oxygen atoms in total. The number of hydrogen-bond acceptors (Lipinski definition) is 42. The molecule has 2 fully saturated rings. The molecule has 0 radical (unpaired) electrons. The average Bonchev–Trinajstić information content (AvgIpc) is 1.75. The molecule has 2 heterocycles. The van der Waals surface area contributed by atoms with Crippen LogP contribution < -0.4 is 0 Å². The Balaban J connectivity index is -0.000000129. The maximum atomic E-state index is 11.4. The van der Waals surface area contributed by atoms with Crippen LogP contribution in [0.3, 0.4) is 0 Å². The first kappa shape index (κ1) is 133. The Kier molecular flexibility index (Phi) is 112. The van der Waals surface area contributed by atoms with Gasteiger partial charge in [-0.2, -0.15) is 0 Å². The van der Waals surface area contributed by atoms with Crippen molar-refractivity contribution < 1.29 is 197 Å². The molecule has 0 bridgehead atoms. The van der Waals surface area contributed by atoms with Crippen LogP contribution in [0, 0.1) is 0 Å². The van der Waals surface area contributed by atoms with Crippen LogP contribution in [0.4, 0.5) is 0 Å². The Hall–Kier alpha value is 0.750. The molecule has 0 aromatic heterocycles. The molecule has 0 aromatic rings. The molecule has 2 aliphatic heterocycles. The third kappa shape index (κ3) is 126. The van der Waals surface area contributed by atoms with E-state index in [4.69, 9.17) is 142 Å². The predicted octanol–water partition coefficient (Wildman–Crippen LogP) is 9.86. The van der Waals surface area contributed by atoms with E-state index in [1.165, 1.54) is 67.1 Å². The minimum atomic E-state index is -3.06. The van der Waals surface area contributed by atoms with Crippen LogP contribution in [-0.4, -0.2) is 367 Å². The van der Waals surface area contributed by atoms with E-state index in [-0.39, 0.29) is 133 Å². The van der Waals surface area contributed by atoms with E-state index in [9.17, 15) is 41.1 Å². The summed E-state index contributed by atoms with van der Waals surface area (Å²) in [5.74, 6) is 0. The summed E-state index contributed by atoms with van der Waals surface area (Å²) in [7, 11) is -19.4. The van der Waals surface area contributed by atoms with Gasteiger partial charge in [0.25, 0.3) is 0 Å². The van der Waals surface area contributed by atoms with Crippen molar-refractivity contribution in [2.24, 2.45) is 0 Å². The van der Waals surface area contributed by atoms with Crippen LogP contribution in [0.5, 0.6) is 0 Å². The highest BCUT2D eigenvalue weighted by Gasteiger charge is 2.22. The van der Waals surface area contributed by atoms with Crippen LogP contribution >= 0.6 is 68.4 Å². The van der Waals surface area contributed by atoms with Gasteiger partial charge in [0.15, 0.2) is 0 Å². The standard InChI is InChI=1S/C8H19O6P.C7H17O6P.2C7H17O5P.C5H13O5P.C5H13O4P.C5H11O3P.C5H13O3P.C4H9O3P.C4H10O.C3H8O.CH4/c1-11-5-6-12-7-8-14-15(2,10)13-4-3-9;1-14(10,12-5-3-9)13-7-6-11-4-2-8;1-9-4-5-11-6-7-12-13(3,8)10-2;1-3-11-13(2,9)12-7-6-10-5-4-8;1-11(8,9-4-2-6)10-5-3-7;1-3-8-10(2,7)9-5-4-6;1-9(6)7-4-2-3-5-8-9;1-4-7-9(3,6)8-5-2;1-8(5)6-3-2-4-7-8;1-3-4-5-2;1-2-3-4;/h9H,3-8H2,1-2H3;8-9H,2-7H2,1H3;4-7H2,1-3H3;8H,3-7H2,1-2H3;6-7H,2-5H2,1H3;6H,3-5H2,1-2H3;2-5H2,1H3;4-5H2,1-3H3;2-4H2,1H3;3-4H2,1-2H3;4H,2-3H2,1H3;1H4. The van der Waals surface area contributed by atoms with Crippen LogP contribution in [0.25, 0.3) is 0 Å². The highest BCUT2D eigenvalue weighted by molar-refractivity contribution is 7.55. The molecular formula is C61H151O42P9. The lowest BCUT2D eigenvalue weighted by atomic mass is 10.3. The number of hydrogen-bond donors (Lipinski definition) is 8. The summed E-state index contributed by atoms with van der Waals surface area (Å²) in [5, 5.41) is 66.4. The lowest BCUT2D eigenvalue weighted by molar-refractivity contribution is 0.0502. The van der Waals surface area contributed by atoms with Crippen molar-refractivity contribution in [1.82, 2.24) is 0 Å². The lowest BCUT2D eigenvalue weighted by Gasteiger charge is -2.18. The summed E-state index contributed by atoms with van der Waals surface area (Å²) in [6.07, 6.45) is 4.77. The molecule has 2 saturated heterocycles. The smallest absolute Gasteiger partial charge is 0.327 e. The van der Waals surface area contributed by atoms with Gasteiger partial charge >= 0.3 is 68.4 Å². The van der Waals surface area contributed by atoms with Gasteiger partial charge in [-0.25, -0.2) is 0 Å². The topological polar surface area (TPSA) is 546 Å². The number of methoxy groups -OCH3 is 3. The summed E-state index contributed by atoms with van der Waals surface area (Å²) < 4.78 is 221. The molecule has 8 N–H and O–H groups in total. The average molecular weight is 1840 g/mol. The molecule has 51 heteroatoms. The third-order valence-electron chi connectivity index (χ3n) is 10.2. The summed E-state index contributed by atoms with van der Waals surface area (Å²) >= 11 is 0. The van der Waals surface area contributed by atoms with E-state index in [0.29, 0.717) is 106 Å². The quantitative estimate of drug-likeness (QED) is 0.0207. The normalized spacial score (nSPS) is 16.0. The number of ether oxygens (including phenoxy) is 7. The zero-order valence-electron chi connectivity index (χ0n) is 69.5. The van der Waals surface area contributed by atoms with E-state index >= 15 is 0 Å². The molecule has 692 valence electrons. The van der Waals surface area contributed by atoms with Crippen molar-refractivity contribution >= 4 is 68.4 Å². The molecule has 2 rings (SSSR count). The zero-order valence-corrected chi connectivity index (χ0v) is 77.5. The number of aliphatic hydroxyl groups excluding tert-OH is 8. The fraction of sp³-hybridized carbons (Fsp3) is 1.00. The van der Waals surface area contributed by atoms with Crippen LogP contribution in [0.15, 0.2) is 0 Å². The SMILES string of the molecule is C.CCCO.CCCOC.CCOP(C)(=O)OCC.CCOP(C)(=O)OCCO.CCOP(C)(=O)OCCOCCO.COCCOCCOP(C)(=O)OC.COCCOCCOP(C)(=O)OCCO.CP(=O)(OCCO)OCCO.CP(=O)(OCCO)OCCOCCO.CP1(=O)OCCCCO1.CP1(=O)OCCCO1. The first-order valence-electron chi connectivity index (χ1n) is 35.4. The maximum Gasteiger partial charge on any atom is 0.327 e. The summed E-state index contributed by atoms with van der Waals surface area (Å²) in [6.45, 7) is 32.6. The summed E-state index contributed by atoms with van der Waals surface area (Å²) in [5.41, 5.74) is 0. The zero-order chi connectivity index (χ0) is 87.2. The van der Waals surface area contributed by atoms with E-state index in [1.54, 1.807) is 49.0 Å². The fourth-order valence-corrected chi connectivity index (χ4v) is 13.7. The van der Waals surface area contributed by atoms with Gasteiger partial charge in [-0.15, -0.1) is 0 Å². The maximum absolute atomic E-state index is 11.4. The monoisotopic (exact) mass is 1830 g/mol. The Morgan fingerprint density at radius 3 is 0.652 bits per heavy atom. The highest BCUT2D eigenvalue weighted by Crippen LogP contribution is 2.49. The van der Waals surface area contributed by atoms with Crippen LogP contribution in [0.2, 0.25) is 0 Å². The van der Waals surface area contributed by atoms with Crippen molar-refractivity contribution in [2.75, 3.05) is 326 Å². The van der Waals surface area contributed by atoms with Crippen LogP contribution in [-0.2, 0) is 156 Å². The van der Waals surface area contributed by atoms with Crippen LogP contribution in [0.1, 0.15) is 81.1 Å². The minimum absolute atomic E-state index is 0. The highest BCUT2D eigenvalue weighted by atomic mass is 31.2. The van der Waals surface area contributed by atoms with Crippen molar-refractivity contribution in [3.8, 4) is 0 Å². The molecular weight excluding hydrogens is 1680 g/mol. The summed E-state index contributed by atoms with van der Waals surface area (Å²) in [4.78, 5) is 0. The van der Waals surface area contributed by atoms with Gasteiger partial charge in [0.1, 0.15) is 0 Å². The Morgan fingerprint density at radius 2 is 0.464 bits per heavy atom. The van der Waals surface area contributed by atoms with E-state index < -0.39 is 68.4 Å². The Bertz CT molecular complexity index is 2310. The van der Waals surface area contributed by atoms with Crippen molar-refractivity contribution in [1.29, 1.82) is 0 Å². The Morgan fingerprint density at radius 1 is 0.268 bits per heavy atom. The molecule has 0 aromatic carbocycles. The minimum Gasteiger partial charge on any atom is -0.396 e. The van der Waals surface area contributed by atoms with E-state index in [0.717, 1.165) is 38.7 Å². The van der Waals surface area contributed by atoms with Gasteiger partial charge in [-0.1, -0.05) is 21.3 Å². The molecule has 0 saturated carbocycles. The molecule has 2 aliphatic rings. The van der Waals surface area contributed by atoms with Crippen molar-refractivity contribution in [2.45, 2.75) is 81.1 Å². The van der Waals surface area contributed by atoms with Crippen molar-refractivity contribution in [3.63, 3.8) is 0 Å². The Labute approximate surface area is 669 Å². The van der Waals surface area contributed by atoms with Gasteiger partial charge < -0.3 is 155 Å².